The molecule has 1 aromatic rings. The van der Waals surface area contributed by atoms with Gasteiger partial charge in [-0.1, -0.05) is 0 Å². The van der Waals surface area contributed by atoms with Gasteiger partial charge in [0.2, 0.25) is 10.0 Å². The third-order valence-corrected chi connectivity index (χ3v) is 7.06. The molecule has 2 rings (SSSR count). The number of rotatable bonds is 6. The lowest BCUT2D eigenvalue weighted by Crippen LogP contribution is -2.27. The van der Waals surface area contributed by atoms with Crippen molar-refractivity contribution >= 4 is 19.9 Å². The minimum Gasteiger partial charge on any atom is -0.493 e. The maximum atomic E-state index is 11.8. The van der Waals surface area contributed by atoms with Crippen molar-refractivity contribution in [3.8, 4) is 5.75 Å². The van der Waals surface area contributed by atoms with Crippen LogP contribution in [-0.4, -0.2) is 47.1 Å². The van der Waals surface area contributed by atoms with Crippen LogP contribution in [0, 0.1) is 5.92 Å². The molecule has 1 aliphatic rings. The average molecular weight is 363 g/mol. The monoisotopic (exact) mass is 363 g/mol. The van der Waals surface area contributed by atoms with Crippen molar-refractivity contribution in [2.45, 2.75) is 24.3 Å². The van der Waals surface area contributed by atoms with Gasteiger partial charge in [0.25, 0.3) is 0 Å². The molecule has 7 nitrogen and oxygen atoms in total. The lowest BCUT2D eigenvalue weighted by atomic mass is 10.0. The third kappa shape index (κ3) is 4.66. The van der Waals surface area contributed by atoms with Gasteiger partial charge >= 0.3 is 0 Å². The van der Waals surface area contributed by atoms with E-state index < -0.39 is 19.9 Å². The van der Waals surface area contributed by atoms with E-state index in [1.54, 1.807) is 0 Å². The summed E-state index contributed by atoms with van der Waals surface area (Å²) in [5, 5.41) is 9.41. The Kier molecular flexibility index (Phi) is 5.66. The molecule has 1 fully saturated rings. The molecule has 2 N–H and O–H groups in total. The van der Waals surface area contributed by atoms with Crippen LogP contribution < -0.4 is 9.46 Å². The fraction of sp³-hybridized carbons (Fsp3) is 0.571. The molecule has 1 heterocycles. The van der Waals surface area contributed by atoms with E-state index in [0.29, 0.717) is 30.8 Å². The summed E-state index contributed by atoms with van der Waals surface area (Å²) in [6.07, 6.45) is 1.12. The number of aliphatic hydroxyl groups excluding tert-OH is 1. The lowest BCUT2D eigenvalue weighted by molar-refractivity contribution is 0.224. The number of sulfone groups is 1. The van der Waals surface area contributed by atoms with E-state index in [1.165, 1.54) is 25.2 Å². The summed E-state index contributed by atoms with van der Waals surface area (Å²) in [6, 6.07) is 4.29. The Morgan fingerprint density at radius 2 is 1.96 bits per heavy atom. The smallest absolute Gasteiger partial charge is 0.240 e. The molecule has 0 aliphatic carbocycles. The van der Waals surface area contributed by atoms with E-state index in [0.717, 1.165) is 0 Å². The van der Waals surface area contributed by atoms with Crippen molar-refractivity contribution in [1.29, 1.82) is 0 Å². The van der Waals surface area contributed by atoms with Crippen molar-refractivity contribution in [2.75, 3.05) is 25.2 Å². The minimum atomic E-state index is -3.58. The Morgan fingerprint density at radius 3 is 2.52 bits per heavy atom. The first kappa shape index (κ1) is 18.2. The quantitative estimate of drug-likeness (QED) is 0.752. The van der Waals surface area contributed by atoms with E-state index in [1.807, 2.05) is 0 Å². The second-order valence-corrected chi connectivity index (χ2v) is 9.73. The molecule has 1 aromatic carbocycles. The normalized spacial score (nSPS) is 18.7. The first-order valence-corrected chi connectivity index (χ1v) is 10.6. The largest absolute Gasteiger partial charge is 0.493 e. The van der Waals surface area contributed by atoms with Gasteiger partial charge in [0.1, 0.15) is 15.6 Å². The predicted molar refractivity (Wildman–Crippen MR) is 85.5 cm³/mol. The molecule has 0 atom stereocenters. The molecule has 9 heteroatoms. The number of hydrogen-bond acceptors (Lipinski definition) is 6. The van der Waals surface area contributed by atoms with E-state index in [-0.39, 0.29) is 28.9 Å². The van der Waals surface area contributed by atoms with Gasteiger partial charge in [0.05, 0.1) is 29.6 Å². The van der Waals surface area contributed by atoms with Gasteiger partial charge < -0.3 is 9.84 Å². The highest BCUT2D eigenvalue weighted by atomic mass is 32.2. The van der Waals surface area contributed by atoms with Crippen molar-refractivity contribution < 1.29 is 26.7 Å². The molecule has 0 bridgehead atoms. The first-order valence-electron chi connectivity index (χ1n) is 7.28. The average Bonchev–Trinajstić information content (AvgIpc) is 2.53. The standard InChI is InChI=1S/C14H21NO6S2/c1-15-23(19,20)13-2-3-14(12(8-13)9-16)21-10-11-4-6-22(17,18)7-5-11/h2-3,8,11,15-16H,4-7,9-10H2,1H3. The zero-order chi connectivity index (χ0) is 17.1. The second kappa shape index (κ2) is 7.16. The van der Waals surface area contributed by atoms with Crippen LogP contribution in [0.15, 0.2) is 23.1 Å². The van der Waals surface area contributed by atoms with Gasteiger partial charge in [-0.3, -0.25) is 0 Å². The summed E-state index contributed by atoms with van der Waals surface area (Å²) in [7, 11) is -5.17. The Labute approximate surface area is 136 Å². The van der Waals surface area contributed by atoms with Crippen LogP contribution in [0.1, 0.15) is 18.4 Å². The second-order valence-electron chi connectivity index (χ2n) is 5.54. The van der Waals surface area contributed by atoms with Crippen LogP contribution >= 0.6 is 0 Å². The zero-order valence-corrected chi connectivity index (χ0v) is 14.5. The Balaban J connectivity index is 2.06. The molecule has 0 spiro atoms. The van der Waals surface area contributed by atoms with Crippen molar-refractivity contribution in [3.63, 3.8) is 0 Å². The van der Waals surface area contributed by atoms with Crippen LogP contribution in [0.25, 0.3) is 0 Å². The molecular formula is C14H21NO6S2. The summed E-state index contributed by atoms with van der Waals surface area (Å²) in [6.45, 7) is 0.00208. The highest BCUT2D eigenvalue weighted by molar-refractivity contribution is 7.91. The van der Waals surface area contributed by atoms with Gasteiger partial charge in [-0.05, 0) is 44.0 Å². The summed E-state index contributed by atoms with van der Waals surface area (Å²) in [5.41, 5.74) is 0.379. The SMILES string of the molecule is CNS(=O)(=O)c1ccc(OCC2CCS(=O)(=O)CC2)c(CO)c1. The molecule has 0 radical (unpaired) electrons. The molecule has 23 heavy (non-hydrogen) atoms. The number of sulfonamides is 1. The molecule has 1 saturated heterocycles. The lowest BCUT2D eigenvalue weighted by Gasteiger charge is -2.22. The molecule has 130 valence electrons. The first-order chi connectivity index (χ1) is 10.8. The van der Waals surface area contributed by atoms with Crippen LogP contribution in [0.3, 0.4) is 0 Å². The van der Waals surface area contributed by atoms with Gasteiger partial charge in [-0.15, -0.1) is 0 Å². The van der Waals surface area contributed by atoms with Gasteiger partial charge in [-0.2, -0.15) is 0 Å². The summed E-state index contributed by atoms with van der Waals surface area (Å²) < 4.78 is 54.2. The number of aliphatic hydroxyl groups is 1. The maximum Gasteiger partial charge on any atom is 0.240 e. The molecule has 0 saturated carbocycles. The molecule has 0 amide bonds. The fourth-order valence-electron chi connectivity index (χ4n) is 2.42. The van der Waals surface area contributed by atoms with Crippen molar-refractivity contribution in [2.24, 2.45) is 5.92 Å². The Hall–Kier alpha value is -1.16. The van der Waals surface area contributed by atoms with Crippen LogP contribution in [0.4, 0.5) is 0 Å². The summed E-state index contributed by atoms with van der Waals surface area (Å²) in [5.74, 6) is 0.905. The number of hydrogen-bond donors (Lipinski definition) is 2. The van der Waals surface area contributed by atoms with Crippen LogP contribution in [0.5, 0.6) is 5.75 Å². The van der Waals surface area contributed by atoms with E-state index in [2.05, 4.69) is 4.72 Å². The zero-order valence-electron chi connectivity index (χ0n) is 12.9. The van der Waals surface area contributed by atoms with E-state index in [4.69, 9.17) is 4.74 Å². The van der Waals surface area contributed by atoms with Crippen LogP contribution in [0.2, 0.25) is 0 Å². The van der Waals surface area contributed by atoms with E-state index >= 15 is 0 Å². The third-order valence-electron chi connectivity index (χ3n) is 3.93. The minimum absolute atomic E-state index is 0.0557. The van der Waals surface area contributed by atoms with Gasteiger partial charge in [-0.25, -0.2) is 21.6 Å². The maximum absolute atomic E-state index is 11.8. The topological polar surface area (TPSA) is 110 Å². The molecule has 0 unspecified atom stereocenters. The number of nitrogens with one attached hydrogen (secondary N) is 1. The summed E-state index contributed by atoms with van der Waals surface area (Å²) in [4.78, 5) is 0.0557. The molecular weight excluding hydrogens is 342 g/mol. The highest BCUT2D eigenvalue weighted by Gasteiger charge is 2.24. The highest BCUT2D eigenvalue weighted by Crippen LogP contribution is 2.25. The van der Waals surface area contributed by atoms with Gasteiger partial charge in [0, 0.05) is 5.56 Å². The summed E-state index contributed by atoms with van der Waals surface area (Å²) >= 11 is 0. The number of ether oxygens (including phenoxy) is 1. The number of benzene rings is 1. The molecule has 1 aliphatic heterocycles. The predicted octanol–water partition coefficient (Wildman–Crippen LogP) is 0.291. The fourth-order valence-corrected chi connectivity index (χ4v) is 4.79. The van der Waals surface area contributed by atoms with Crippen molar-refractivity contribution in [3.05, 3.63) is 23.8 Å². The Bertz CT molecular complexity index is 743. The Morgan fingerprint density at radius 1 is 1.30 bits per heavy atom. The van der Waals surface area contributed by atoms with E-state index in [9.17, 15) is 21.9 Å². The van der Waals surface area contributed by atoms with Crippen molar-refractivity contribution in [1.82, 2.24) is 4.72 Å². The van der Waals surface area contributed by atoms with Gasteiger partial charge in [0.15, 0.2) is 0 Å². The molecule has 0 aromatic heterocycles. The van der Waals surface area contributed by atoms with Crippen LogP contribution in [-0.2, 0) is 26.5 Å².